The zero-order valence-electron chi connectivity index (χ0n) is 12.9. The molecule has 0 aromatic heterocycles. The topological polar surface area (TPSA) is 53.0 Å². The van der Waals surface area contributed by atoms with Gasteiger partial charge in [0.1, 0.15) is 6.61 Å². The van der Waals surface area contributed by atoms with E-state index in [1.54, 1.807) is 4.90 Å². The Bertz CT molecular complexity index is 494. The van der Waals surface area contributed by atoms with Gasteiger partial charge in [-0.2, -0.15) is 0 Å². The molecule has 1 N–H and O–H groups in total. The van der Waals surface area contributed by atoms with Crippen molar-refractivity contribution in [2.45, 2.75) is 25.5 Å². The van der Waals surface area contributed by atoms with Gasteiger partial charge in [0, 0.05) is 32.3 Å². The lowest BCUT2D eigenvalue weighted by atomic mass is 10.1. The highest BCUT2D eigenvalue weighted by Crippen LogP contribution is 2.24. The van der Waals surface area contributed by atoms with Gasteiger partial charge in [0.25, 0.3) is 0 Å². The molecule has 0 saturated carbocycles. The second-order valence-electron chi connectivity index (χ2n) is 6.26. The minimum atomic E-state index is -0.218. The largest absolute Gasteiger partial charge is 0.445 e. The van der Waals surface area contributed by atoms with Gasteiger partial charge in [0.15, 0.2) is 0 Å². The van der Waals surface area contributed by atoms with E-state index < -0.39 is 0 Å². The van der Waals surface area contributed by atoms with E-state index in [-0.39, 0.29) is 12.7 Å². The van der Waals surface area contributed by atoms with Gasteiger partial charge in [-0.05, 0) is 30.9 Å². The second-order valence-corrected chi connectivity index (χ2v) is 6.26. The molecule has 5 nitrogen and oxygen atoms in total. The minimum absolute atomic E-state index is 0.218. The highest BCUT2D eigenvalue weighted by molar-refractivity contribution is 5.68. The van der Waals surface area contributed by atoms with Gasteiger partial charge in [0.2, 0.25) is 0 Å². The maximum Gasteiger partial charge on any atom is 0.410 e. The number of carbonyl (C=O) groups is 1. The van der Waals surface area contributed by atoms with Gasteiger partial charge >= 0.3 is 6.09 Å². The third kappa shape index (κ3) is 3.59. The molecule has 5 heteroatoms. The minimum Gasteiger partial charge on any atom is -0.445 e. The number of hydrogen-bond donors (Lipinski definition) is 1. The van der Waals surface area contributed by atoms with Crippen molar-refractivity contribution in [2.75, 3.05) is 32.8 Å². The van der Waals surface area contributed by atoms with Gasteiger partial charge < -0.3 is 14.7 Å². The van der Waals surface area contributed by atoms with Crippen LogP contribution in [0.5, 0.6) is 0 Å². The van der Waals surface area contributed by atoms with Crippen molar-refractivity contribution in [1.29, 1.82) is 0 Å². The summed E-state index contributed by atoms with van der Waals surface area (Å²) in [6, 6.07) is 10.2. The predicted octanol–water partition coefficient (Wildman–Crippen LogP) is 1.71. The van der Waals surface area contributed by atoms with E-state index in [0.717, 1.165) is 44.6 Å². The number of nitrogens with zero attached hydrogens (tertiary/aromatic N) is 2. The van der Waals surface area contributed by atoms with E-state index in [0.29, 0.717) is 18.6 Å². The molecule has 0 aliphatic carbocycles. The lowest BCUT2D eigenvalue weighted by Crippen LogP contribution is -2.37. The summed E-state index contributed by atoms with van der Waals surface area (Å²) in [6.45, 7) is 4.09. The number of carbonyl (C=O) groups excluding carboxylic acids is 1. The molecule has 2 aliphatic heterocycles. The van der Waals surface area contributed by atoms with Crippen LogP contribution in [0, 0.1) is 5.92 Å². The molecule has 2 atom stereocenters. The quantitative estimate of drug-likeness (QED) is 0.920. The normalized spacial score (nSPS) is 25.6. The highest BCUT2D eigenvalue weighted by atomic mass is 16.6. The molecule has 1 aromatic rings. The van der Waals surface area contributed by atoms with Gasteiger partial charge in [-0.1, -0.05) is 30.3 Å². The number of amides is 1. The number of ether oxygens (including phenoxy) is 1. The first kappa shape index (κ1) is 15.3. The smallest absolute Gasteiger partial charge is 0.410 e. The van der Waals surface area contributed by atoms with Gasteiger partial charge in [-0.25, -0.2) is 4.79 Å². The maximum atomic E-state index is 12.1. The Morgan fingerprint density at radius 3 is 2.73 bits per heavy atom. The van der Waals surface area contributed by atoms with E-state index in [1.165, 1.54) is 0 Å². The number of aliphatic hydroxyl groups is 1. The molecule has 0 bridgehead atoms. The van der Waals surface area contributed by atoms with Crippen LogP contribution in [0.25, 0.3) is 0 Å². The molecule has 22 heavy (non-hydrogen) atoms. The lowest BCUT2D eigenvalue weighted by molar-refractivity contribution is 0.101. The zero-order chi connectivity index (χ0) is 15.4. The summed E-state index contributed by atoms with van der Waals surface area (Å²) in [5, 5.41) is 9.23. The van der Waals surface area contributed by atoms with Crippen molar-refractivity contribution in [1.82, 2.24) is 9.80 Å². The van der Waals surface area contributed by atoms with Crippen molar-refractivity contribution in [3.63, 3.8) is 0 Å². The number of likely N-dealkylation sites (tertiary alicyclic amines) is 2. The Balaban J connectivity index is 1.45. The fraction of sp³-hybridized carbons (Fsp3) is 0.588. The highest BCUT2D eigenvalue weighted by Gasteiger charge is 2.34. The summed E-state index contributed by atoms with van der Waals surface area (Å²) in [6.07, 6.45) is 1.84. The first-order valence-electron chi connectivity index (χ1n) is 8.07. The Labute approximate surface area is 131 Å². The number of aliphatic hydroxyl groups excluding tert-OH is 1. The summed E-state index contributed by atoms with van der Waals surface area (Å²) in [5.41, 5.74) is 1.01. The maximum absolute atomic E-state index is 12.1. The first-order chi connectivity index (χ1) is 10.8. The monoisotopic (exact) mass is 304 g/mol. The molecule has 3 rings (SSSR count). The molecule has 1 amide bonds. The van der Waals surface area contributed by atoms with Crippen LogP contribution in [0.15, 0.2) is 30.3 Å². The number of hydrogen-bond acceptors (Lipinski definition) is 4. The summed E-state index contributed by atoms with van der Waals surface area (Å²) in [5.74, 6) is 0.402. The molecule has 2 aliphatic rings. The van der Waals surface area contributed by atoms with E-state index >= 15 is 0 Å². The molecule has 2 fully saturated rings. The fourth-order valence-electron chi connectivity index (χ4n) is 3.36. The second kappa shape index (κ2) is 7.11. The Morgan fingerprint density at radius 1 is 1.18 bits per heavy atom. The molecule has 0 spiro atoms. The van der Waals surface area contributed by atoms with E-state index in [2.05, 4.69) is 4.90 Å². The zero-order valence-corrected chi connectivity index (χ0v) is 12.9. The third-order valence-electron chi connectivity index (χ3n) is 4.72. The van der Waals surface area contributed by atoms with Crippen LogP contribution < -0.4 is 0 Å². The fourth-order valence-corrected chi connectivity index (χ4v) is 3.36. The van der Waals surface area contributed by atoms with Crippen LogP contribution in [-0.4, -0.2) is 59.8 Å². The molecule has 0 radical (unpaired) electrons. The summed E-state index contributed by atoms with van der Waals surface area (Å²) in [7, 11) is 0. The summed E-state index contributed by atoms with van der Waals surface area (Å²) < 4.78 is 5.39. The molecule has 120 valence electrons. The van der Waals surface area contributed by atoms with E-state index in [4.69, 9.17) is 4.74 Å². The average Bonchev–Trinajstić information content (AvgIpc) is 3.22. The van der Waals surface area contributed by atoms with Crippen LogP contribution in [0.3, 0.4) is 0 Å². The summed E-state index contributed by atoms with van der Waals surface area (Å²) in [4.78, 5) is 16.4. The van der Waals surface area contributed by atoms with Gasteiger partial charge in [-0.15, -0.1) is 0 Å². The van der Waals surface area contributed by atoms with Crippen LogP contribution in [-0.2, 0) is 11.3 Å². The molecule has 1 aromatic carbocycles. The predicted molar refractivity (Wildman–Crippen MR) is 83.4 cm³/mol. The van der Waals surface area contributed by atoms with Crippen molar-refractivity contribution in [3.8, 4) is 0 Å². The molecular formula is C17H24N2O3. The van der Waals surface area contributed by atoms with Gasteiger partial charge in [0.05, 0.1) is 0 Å². The van der Waals surface area contributed by atoms with Crippen molar-refractivity contribution >= 4 is 6.09 Å². The Kier molecular flexibility index (Phi) is 4.95. The van der Waals surface area contributed by atoms with Crippen LogP contribution in [0.4, 0.5) is 4.79 Å². The van der Waals surface area contributed by atoms with E-state index in [9.17, 15) is 9.90 Å². The van der Waals surface area contributed by atoms with Gasteiger partial charge in [-0.3, -0.25) is 4.90 Å². The van der Waals surface area contributed by atoms with Crippen molar-refractivity contribution in [3.05, 3.63) is 35.9 Å². The van der Waals surface area contributed by atoms with E-state index in [1.807, 2.05) is 30.3 Å². The molecule has 2 heterocycles. The lowest BCUT2D eigenvalue weighted by Gasteiger charge is -2.24. The molecule has 2 saturated heterocycles. The van der Waals surface area contributed by atoms with Crippen molar-refractivity contribution in [2.24, 2.45) is 5.92 Å². The summed E-state index contributed by atoms with van der Waals surface area (Å²) >= 11 is 0. The Hall–Kier alpha value is -1.59. The standard InChI is InChI=1S/C17H24N2O3/c20-12-15-6-8-18(10-15)16-7-9-19(11-16)17(21)22-13-14-4-2-1-3-5-14/h1-5,15-16,20H,6-13H2. The Morgan fingerprint density at radius 2 is 2.00 bits per heavy atom. The molecule has 2 unspecified atom stereocenters. The first-order valence-corrected chi connectivity index (χ1v) is 8.07. The van der Waals surface area contributed by atoms with Crippen LogP contribution >= 0.6 is 0 Å². The number of benzene rings is 1. The number of rotatable bonds is 4. The van der Waals surface area contributed by atoms with Crippen molar-refractivity contribution < 1.29 is 14.6 Å². The van der Waals surface area contributed by atoms with Crippen LogP contribution in [0.1, 0.15) is 18.4 Å². The SMILES string of the molecule is O=C(OCc1ccccc1)N1CCC(N2CCC(CO)C2)C1. The third-order valence-corrected chi connectivity index (χ3v) is 4.72. The molecular weight excluding hydrogens is 280 g/mol. The van der Waals surface area contributed by atoms with Crippen LogP contribution in [0.2, 0.25) is 0 Å². The average molecular weight is 304 g/mol.